The minimum Gasteiger partial charge on any atom is -0.491 e. The molecule has 11 heteroatoms. The fourth-order valence-electron chi connectivity index (χ4n) is 4.29. The first kappa shape index (κ1) is 28.8. The number of ether oxygens (including phenoxy) is 1. The number of aliphatic hydroxyl groups excluding tert-OH is 2. The van der Waals surface area contributed by atoms with Gasteiger partial charge in [-0.2, -0.15) is 0 Å². The van der Waals surface area contributed by atoms with Crippen LogP contribution < -0.4 is 15.4 Å². The fourth-order valence-corrected chi connectivity index (χ4v) is 5.19. The molecule has 1 aliphatic rings. The lowest BCUT2D eigenvalue weighted by Crippen LogP contribution is -2.50. The monoisotopic (exact) mass is 663 g/mol. The first-order chi connectivity index (χ1) is 18.7. The number of nitrogens with zero attached hydrogens (tertiary/aromatic N) is 1. The van der Waals surface area contributed by atoms with Gasteiger partial charge in [0.05, 0.1) is 17.3 Å². The topological polar surface area (TPSA) is 128 Å². The molecule has 39 heavy (non-hydrogen) atoms. The summed E-state index contributed by atoms with van der Waals surface area (Å²) in [5, 5.41) is 24.2. The van der Waals surface area contributed by atoms with Crippen molar-refractivity contribution in [2.45, 2.75) is 31.0 Å². The molecule has 0 bridgehead atoms. The average molecular weight is 664 g/mol. The van der Waals surface area contributed by atoms with Crippen molar-refractivity contribution in [3.05, 3.63) is 92.5 Å². The van der Waals surface area contributed by atoms with Crippen molar-refractivity contribution < 1.29 is 29.3 Å². The Morgan fingerprint density at radius 3 is 2.46 bits per heavy atom. The minimum absolute atomic E-state index is 0.0958. The Labute approximate surface area is 244 Å². The van der Waals surface area contributed by atoms with Crippen LogP contribution in [-0.2, 0) is 9.59 Å². The molecule has 4 N–H and O–H groups in total. The van der Waals surface area contributed by atoms with Crippen molar-refractivity contribution in [2.75, 3.05) is 18.5 Å². The van der Waals surface area contributed by atoms with Crippen LogP contribution >= 0.6 is 34.2 Å². The zero-order valence-corrected chi connectivity index (χ0v) is 23.8. The van der Waals surface area contributed by atoms with Gasteiger partial charge in [0, 0.05) is 9.49 Å². The molecule has 3 aromatic carbocycles. The first-order valence-corrected chi connectivity index (χ1v) is 13.6. The van der Waals surface area contributed by atoms with E-state index in [0.717, 1.165) is 14.0 Å². The second-order valence-corrected chi connectivity index (χ2v) is 10.7. The van der Waals surface area contributed by atoms with Crippen LogP contribution in [0.15, 0.2) is 72.8 Å². The molecule has 0 radical (unpaired) electrons. The van der Waals surface area contributed by atoms with Gasteiger partial charge in [-0.1, -0.05) is 61.0 Å². The van der Waals surface area contributed by atoms with Gasteiger partial charge in [-0.05, 0) is 64.0 Å². The lowest BCUT2D eigenvalue weighted by atomic mass is 9.91. The van der Waals surface area contributed by atoms with E-state index in [2.05, 4.69) is 33.2 Å². The standard InChI is InChI=1S/C28H27ClIN3O6/c1-16(17-5-3-2-4-6-17)25(26(36)31-23-12-9-19(30)13-22(23)29)33-27(37)24(32-28(33)38)18-7-10-21(11-8-18)39-15-20(35)14-34/h2-13,16,20,24-25,34-35H,14-15H2,1H3,(H,31,36)(H,32,38)/t16-,20+,24-,25?/m0/s1. The molecule has 4 rings (SSSR count). The Morgan fingerprint density at radius 1 is 1.13 bits per heavy atom. The first-order valence-electron chi connectivity index (χ1n) is 12.2. The smallest absolute Gasteiger partial charge is 0.325 e. The molecule has 9 nitrogen and oxygen atoms in total. The number of carbonyl (C=O) groups is 3. The largest absolute Gasteiger partial charge is 0.491 e. The van der Waals surface area contributed by atoms with Crippen molar-refractivity contribution in [1.82, 2.24) is 10.2 Å². The number of carbonyl (C=O) groups excluding carboxylic acids is 3. The minimum atomic E-state index is -1.16. The molecule has 4 atom stereocenters. The van der Waals surface area contributed by atoms with Gasteiger partial charge in [0.2, 0.25) is 5.91 Å². The highest BCUT2D eigenvalue weighted by Gasteiger charge is 2.47. The third-order valence-corrected chi connectivity index (χ3v) is 7.36. The van der Waals surface area contributed by atoms with Crippen molar-refractivity contribution >= 4 is 57.7 Å². The Hall–Kier alpha value is -3.19. The van der Waals surface area contributed by atoms with E-state index in [0.29, 0.717) is 22.0 Å². The van der Waals surface area contributed by atoms with E-state index in [4.69, 9.17) is 21.4 Å². The fraction of sp³-hybridized carbons (Fsp3) is 0.250. The number of urea groups is 1. The molecule has 0 saturated carbocycles. The second kappa shape index (κ2) is 12.8. The summed E-state index contributed by atoms with van der Waals surface area (Å²) in [5.41, 5.74) is 1.65. The summed E-state index contributed by atoms with van der Waals surface area (Å²) in [6, 6.07) is 17.9. The molecule has 4 amide bonds. The van der Waals surface area contributed by atoms with Crippen LogP contribution in [0.1, 0.15) is 30.0 Å². The highest BCUT2D eigenvalue weighted by molar-refractivity contribution is 14.1. The van der Waals surface area contributed by atoms with E-state index in [-0.39, 0.29) is 6.61 Å². The second-order valence-electron chi connectivity index (χ2n) is 9.06. The molecular weight excluding hydrogens is 637 g/mol. The summed E-state index contributed by atoms with van der Waals surface area (Å²) in [6.45, 7) is 1.26. The van der Waals surface area contributed by atoms with E-state index in [1.54, 1.807) is 49.4 Å². The van der Waals surface area contributed by atoms with Gasteiger partial charge in [0.1, 0.15) is 30.5 Å². The van der Waals surface area contributed by atoms with Gasteiger partial charge < -0.3 is 25.6 Å². The molecule has 1 unspecified atom stereocenters. The van der Waals surface area contributed by atoms with Crippen molar-refractivity contribution in [3.63, 3.8) is 0 Å². The Morgan fingerprint density at radius 2 is 1.82 bits per heavy atom. The molecule has 0 aromatic heterocycles. The third kappa shape index (κ3) is 6.70. The summed E-state index contributed by atoms with van der Waals surface area (Å²) < 4.78 is 6.30. The van der Waals surface area contributed by atoms with Crippen LogP contribution in [0.5, 0.6) is 5.75 Å². The van der Waals surface area contributed by atoms with Crippen LogP contribution in [0.4, 0.5) is 10.5 Å². The maximum Gasteiger partial charge on any atom is 0.325 e. The molecule has 0 aliphatic carbocycles. The zero-order valence-electron chi connectivity index (χ0n) is 20.9. The summed E-state index contributed by atoms with van der Waals surface area (Å²) in [7, 11) is 0. The number of imide groups is 1. The van der Waals surface area contributed by atoms with Crippen molar-refractivity contribution in [2.24, 2.45) is 0 Å². The molecule has 204 valence electrons. The van der Waals surface area contributed by atoms with Crippen molar-refractivity contribution in [3.8, 4) is 5.75 Å². The van der Waals surface area contributed by atoms with E-state index >= 15 is 0 Å². The number of aliphatic hydroxyl groups is 2. The number of hydrogen-bond donors (Lipinski definition) is 4. The van der Waals surface area contributed by atoms with Gasteiger partial charge in [-0.25, -0.2) is 9.69 Å². The number of nitrogens with one attached hydrogen (secondary N) is 2. The van der Waals surface area contributed by atoms with E-state index in [1.807, 2.05) is 30.3 Å². The zero-order chi connectivity index (χ0) is 28.1. The number of benzene rings is 3. The maximum absolute atomic E-state index is 13.7. The van der Waals surface area contributed by atoms with Crippen LogP contribution in [0.3, 0.4) is 0 Å². The Balaban J connectivity index is 1.60. The predicted molar refractivity (Wildman–Crippen MR) is 155 cm³/mol. The number of anilines is 1. The molecule has 1 heterocycles. The normalized spacial score (nSPS) is 17.4. The number of rotatable bonds is 10. The molecule has 1 aliphatic heterocycles. The quantitative estimate of drug-likeness (QED) is 0.191. The molecule has 3 aromatic rings. The summed E-state index contributed by atoms with van der Waals surface area (Å²) in [5.74, 6) is -1.23. The molecular formula is C28H27ClIN3O6. The number of amides is 4. The third-order valence-electron chi connectivity index (χ3n) is 6.37. The molecule has 1 fully saturated rings. The Bertz CT molecular complexity index is 1340. The highest BCUT2D eigenvalue weighted by Crippen LogP contribution is 2.32. The van der Waals surface area contributed by atoms with Gasteiger partial charge in [-0.3, -0.25) is 9.59 Å². The average Bonchev–Trinajstić information content (AvgIpc) is 3.23. The predicted octanol–water partition coefficient (Wildman–Crippen LogP) is 4.08. The summed E-state index contributed by atoms with van der Waals surface area (Å²) in [6.07, 6.45) is -1.02. The van der Waals surface area contributed by atoms with Gasteiger partial charge >= 0.3 is 6.03 Å². The summed E-state index contributed by atoms with van der Waals surface area (Å²) in [4.78, 5) is 41.5. The molecule has 0 spiro atoms. The number of hydrogen-bond acceptors (Lipinski definition) is 6. The number of halogens is 2. The van der Waals surface area contributed by atoms with Crippen LogP contribution in [0.2, 0.25) is 5.02 Å². The van der Waals surface area contributed by atoms with Crippen LogP contribution in [-0.4, -0.2) is 58.3 Å². The van der Waals surface area contributed by atoms with Gasteiger partial charge in [-0.15, -0.1) is 0 Å². The summed E-state index contributed by atoms with van der Waals surface area (Å²) >= 11 is 8.45. The van der Waals surface area contributed by atoms with Crippen LogP contribution in [0, 0.1) is 3.57 Å². The maximum atomic E-state index is 13.7. The SMILES string of the molecule is C[C@@H](c1ccccc1)C(C(=O)Nc1ccc(I)cc1Cl)N1C(=O)N[C@@H](c2ccc(OC[C@H](O)CO)cc2)C1=O. The molecule has 1 saturated heterocycles. The lowest BCUT2D eigenvalue weighted by Gasteiger charge is -2.30. The highest BCUT2D eigenvalue weighted by atomic mass is 127. The lowest BCUT2D eigenvalue weighted by molar-refractivity contribution is -0.134. The van der Waals surface area contributed by atoms with E-state index in [9.17, 15) is 19.5 Å². The van der Waals surface area contributed by atoms with Crippen LogP contribution in [0.25, 0.3) is 0 Å². The van der Waals surface area contributed by atoms with E-state index in [1.165, 1.54) is 0 Å². The van der Waals surface area contributed by atoms with Gasteiger partial charge in [0.15, 0.2) is 0 Å². The van der Waals surface area contributed by atoms with E-state index < -0.39 is 48.6 Å². The Kier molecular flexibility index (Phi) is 9.44. The van der Waals surface area contributed by atoms with Crippen molar-refractivity contribution in [1.29, 1.82) is 0 Å². The van der Waals surface area contributed by atoms with Gasteiger partial charge in [0.25, 0.3) is 5.91 Å².